The highest BCUT2D eigenvalue weighted by atomic mass is 16.1. The van der Waals surface area contributed by atoms with Crippen molar-refractivity contribution in [3.05, 3.63) is 29.3 Å². The number of benzene rings is 1. The Labute approximate surface area is 127 Å². The average Bonchev–Trinajstić information content (AvgIpc) is 2.76. The highest BCUT2D eigenvalue weighted by molar-refractivity contribution is 5.91. The van der Waals surface area contributed by atoms with E-state index in [0.717, 1.165) is 25.2 Å². The van der Waals surface area contributed by atoms with Gasteiger partial charge in [-0.3, -0.25) is 4.79 Å². The molecule has 114 valence electrons. The van der Waals surface area contributed by atoms with Crippen LogP contribution < -0.4 is 10.6 Å². The molecule has 2 aliphatic rings. The molecule has 1 heterocycles. The number of anilines is 1. The summed E-state index contributed by atoms with van der Waals surface area (Å²) >= 11 is 0. The van der Waals surface area contributed by atoms with Crippen molar-refractivity contribution in [3.63, 3.8) is 0 Å². The molecule has 0 unspecified atom stereocenters. The molecule has 2 N–H and O–H groups in total. The van der Waals surface area contributed by atoms with E-state index in [4.69, 9.17) is 0 Å². The van der Waals surface area contributed by atoms with Crippen LogP contribution in [0.5, 0.6) is 0 Å². The lowest BCUT2D eigenvalue weighted by atomic mass is 9.95. The molecule has 0 bridgehead atoms. The fourth-order valence-electron chi connectivity index (χ4n) is 3.68. The van der Waals surface area contributed by atoms with Crippen molar-refractivity contribution >= 4 is 11.6 Å². The minimum Gasteiger partial charge on any atom is -0.326 e. The topological polar surface area (TPSA) is 41.1 Å². The fraction of sp³-hybridized carbons (Fsp3) is 0.611. The molecular formula is C18H26N2O. The molecule has 1 aliphatic carbocycles. The predicted molar refractivity (Wildman–Crippen MR) is 86.3 cm³/mol. The van der Waals surface area contributed by atoms with Gasteiger partial charge in [-0.25, -0.2) is 0 Å². The Morgan fingerprint density at radius 1 is 1.19 bits per heavy atom. The first-order valence-corrected chi connectivity index (χ1v) is 8.44. The third-order valence-corrected chi connectivity index (χ3v) is 4.86. The van der Waals surface area contributed by atoms with Gasteiger partial charge in [0.15, 0.2) is 0 Å². The first-order valence-electron chi connectivity index (χ1n) is 8.44. The van der Waals surface area contributed by atoms with Gasteiger partial charge >= 0.3 is 0 Å². The van der Waals surface area contributed by atoms with E-state index in [1.807, 2.05) is 6.07 Å². The summed E-state index contributed by atoms with van der Waals surface area (Å²) in [4.78, 5) is 12.4. The Morgan fingerprint density at radius 2 is 2.00 bits per heavy atom. The van der Waals surface area contributed by atoms with Gasteiger partial charge < -0.3 is 10.6 Å². The number of hydrogen-bond acceptors (Lipinski definition) is 2. The zero-order valence-corrected chi connectivity index (χ0v) is 12.8. The van der Waals surface area contributed by atoms with Crippen LogP contribution in [0.15, 0.2) is 18.2 Å². The second kappa shape index (κ2) is 7.08. The molecule has 21 heavy (non-hydrogen) atoms. The monoisotopic (exact) mass is 286 g/mol. The van der Waals surface area contributed by atoms with Crippen LogP contribution in [-0.2, 0) is 17.8 Å². The van der Waals surface area contributed by atoms with Crippen molar-refractivity contribution in [2.24, 2.45) is 5.92 Å². The third kappa shape index (κ3) is 3.85. The minimum atomic E-state index is 0.203. The second-order valence-electron chi connectivity index (χ2n) is 6.48. The van der Waals surface area contributed by atoms with E-state index >= 15 is 0 Å². The minimum absolute atomic E-state index is 0.203. The van der Waals surface area contributed by atoms with Gasteiger partial charge in [-0.1, -0.05) is 37.8 Å². The van der Waals surface area contributed by atoms with Crippen molar-refractivity contribution in [2.75, 3.05) is 11.9 Å². The molecule has 1 fully saturated rings. The molecule has 0 atom stereocenters. The standard InChI is InChI=1S/C18H26N2O/c21-18(12-14-6-3-1-2-4-7-14)20-17-9-5-8-15-13-19-11-10-16(15)17/h5,8-9,14,19H,1-4,6-7,10-13H2,(H,20,21). The number of carbonyl (C=O) groups excluding carboxylic acids is 1. The normalized spacial score (nSPS) is 19.6. The molecule has 0 aromatic heterocycles. The summed E-state index contributed by atoms with van der Waals surface area (Å²) in [6.45, 7) is 1.92. The van der Waals surface area contributed by atoms with Crippen LogP contribution in [0.2, 0.25) is 0 Å². The molecule has 0 saturated heterocycles. The van der Waals surface area contributed by atoms with E-state index in [2.05, 4.69) is 22.8 Å². The second-order valence-corrected chi connectivity index (χ2v) is 6.48. The van der Waals surface area contributed by atoms with Crippen molar-refractivity contribution in [2.45, 2.75) is 57.9 Å². The molecule has 1 saturated carbocycles. The van der Waals surface area contributed by atoms with Crippen molar-refractivity contribution < 1.29 is 4.79 Å². The van der Waals surface area contributed by atoms with E-state index in [1.165, 1.54) is 49.7 Å². The number of rotatable bonds is 3. The molecule has 3 rings (SSSR count). The van der Waals surface area contributed by atoms with E-state index < -0.39 is 0 Å². The Hall–Kier alpha value is -1.35. The van der Waals surface area contributed by atoms with Crippen LogP contribution in [0.3, 0.4) is 0 Å². The summed E-state index contributed by atoms with van der Waals surface area (Å²) in [6.07, 6.45) is 9.44. The number of nitrogens with one attached hydrogen (secondary N) is 2. The quantitative estimate of drug-likeness (QED) is 0.833. The summed E-state index contributed by atoms with van der Waals surface area (Å²) < 4.78 is 0. The van der Waals surface area contributed by atoms with Crippen molar-refractivity contribution in [1.29, 1.82) is 0 Å². The molecule has 3 heteroatoms. The SMILES string of the molecule is O=C(CC1CCCCCC1)Nc1cccc2c1CCNC2. The first-order chi connectivity index (χ1) is 10.3. The average molecular weight is 286 g/mol. The summed E-state index contributed by atoms with van der Waals surface area (Å²) in [5, 5.41) is 6.55. The van der Waals surface area contributed by atoms with Crippen LogP contribution >= 0.6 is 0 Å². The van der Waals surface area contributed by atoms with E-state index in [9.17, 15) is 4.79 Å². The maximum atomic E-state index is 12.4. The summed E-state index contributed by atoms with van der Waals surface area (Å²) in [7, 11) is 0. The van der Waals surface area contributed by atoms with Crippen LogP contribution in [0, 0.1) is 5.92 Å². The van der Waals surface area contributed by atoms with E-state index in [1.54, 1.807) is 0 Å². The Kier molecular flexibility index (Phi) is 4.91. The van der Waals surface area contributed by atoms with Gasteiger partial charge in [-0.15, -0.1) is 0 Å². The lowest BCUT2D eigenvalue weighted by Gasteiger charge is -2.21. The summed E-state index contributed by atoms with van der Waals surface area (Å²) in [5.41, 5.74) is 3.69. The number of fused-ring (bicyclic) bond motifs is 1. The maximum absolute atomic E-state index is 12.4. The Bertz CT molecular complexity index is 490. The molecule has 1 aromatic carbocycles. The molecule has 1 aromatic rings. The van der Waals surface area contributed by atoms with Crippen LogP contribution in [0.4, 0.5) is 5.69 Å². The molecule has 1 amide bonds. The highest BCUT2D eigenvalue weighted by Crippen LogP contribution is 2.27. The van der Waals surface area contributed by atoms with Gasteiger partial charge in [0, 0.05) is 18.7 Å². The zero-order chi connectivity index (χ0) is 14.5. The molecule has 0 spiro atoms. The van der Waals surface area contributed by atoms with Gasteiger partial charge in [0.05, 0.1) is 0 Å². The van der Waals surface area contributed by atoms with Crippen molar-refractivity contribution in [1.82, 2.24) is 5.32 Å². The molecule has 0 radical (unpaired) electrons. The lowest BCUT2D eigenvalue weighted by molar-refractivity contribution is -0.117. The van der Waals surface area contributed by atoms with Crippen LogP contribution in [-0.4, -0.2) is 12.5 Å². The van der Waals surface area contributed by atoms with Gasteiger partial charge in [0.2, 0.25) is 5.91 Å². The Morgan fingerprint density at radius 3 is 2.81 bits per heavy atom. The number of amides is 1. The highest BCUT2D eigenvalue weighted by Gasteiger charge is 2.18. The van der Waals surface area contributed by atoms with Gasteiger partial charge in [-0.2, -0.15) is 0 Å². The summed E-state index contributed by atoms with van der Waals surface area (Å²) in [5.74, 6) is 0.794. The van der Waals surface area contributed by atoms with E-state index in [-0.39, 0.29) is 5.91 Å². The van der Waals surface area contributed by atoms with E-state index in [0.29, 0.717) is 12.3 Å². The molecular weight excluding hydrogens is 260 g/mol. The first kappa shape index (κ1) is 14.6. The lowest BCUT2D eigenvalue weighted by Crippen LogP contribution is -2.25. The summed E-state index contributed by atoms with van der Waals surface area (Å²) in [6, 6.07) is 6.25. The largest absolute Gasteiger partial charge is 0.326 e. The molecule has 1 aliphatic heterocycles. The maximum Gasteiger partial charge on any atom is 0.224 e. The Balaban J connectivity index is 1.62. The predicted octanol–water partition coefficient (Wildman–Crippen LogP) is 3.63. The van der Waals surface area contributed by atoms with Gasteiger partial charge in [0.1, 0.15) is 0 Å². The van der Waals surface area contributed by atoms with Crippen LogP contribution in [0.25, 0.3) is 0 Å². The van der Waals surface area contributed by atoms with Gasteiger partial charge in [0.25, 0.3) is 0 Å². The third-order valence-electron chi connectivity index (χ3n) is 4.86. The number of carbonyl (C=O) groups is 1. The number of hydrogen-bond donors (Lipinski definition) is 2. The molecule has 3 nitrogen and oxygen atoms in total. The zero-order valence-electron chi connectivity index (χ0n) is 12.8. The fourth-order valence-corrected chi connectivity index (χ4v) is 3.68. The van der Waals surface area contributed by atoms with Crippen LogP contribution in [0.1, 0.15) is 56.1 Å². The van der Waals surface area contributed by atoms with Crippen molar-refractivity contribution in [3.8, 4) is 0 Å². The van der Waals surface area contributed by atoms with Gasteiger partial charge in [-0.05, 0) is 48.9 Å². The smallest absolute Gasteiger partial charge is 0.224 e.